The molecule has 31 heavy (non-hydrogen) atoms. The lowest BCUT2D eigenvalue weighted by Crippen LogP contribution is -2.25. The fraction of sp³-hybridized carbons (Fsp3) is 0.286. The average Bonchev–Trinajstić information content (AvgIpc) is 3.20. The Balaban J connectivity index is 1.48. The number of aromatic hydroxyl groups is 1. The van der Waals surface area contributed by atoms with Crippen molar-refractivity contribution in [3.8, 4) is 5.88 Å². The van der Waals surface area contributed by atoms with Crippen LogP contribution in [-0.4, -0.2) is 40.7 Å². The van der Waals surface area contributed by atoms with E-state index in [-0.39, 0.29) is 23.7 Å². The second-order valence-corrected chi connectivity index (χ2v) is 7.96. The summed E-state index contributed by atoms with van der Waals surface area (Å²) in [7, 11) is 0. The molecular formula is C21H20N8O2. The molecule has 10 heteroatoms. The highest BCUT2D eigenvalue weighted by molar-refractivity contribution is 5.57. The van der Waals surface area contributed by atoms with Crippen LogP contribution in [0, 0.1) is 0 Å². The predicted molar refractivity (Wildman–Crippen MR) is 112 cm³/mol. The molecule has 6 rings (SSSR count). The molecule has 1 atom stereocenters. The van der Waals surface area contributed by atoms with Crippen LogP contribution in [0.4, 0.5) is 5.95 Å². The van der Waals surface area contributed by atoms with Crippen molar-refractivity contribution in [1.82, 2.24) is 29.5 Å². The molecule has 3 heterocycles. The summed E-state index contributed by atoms with van der Waals surface area (Å²) in [5, 5.41) is 18.4. The molecular weight excluding hydrogens is 396 g/mol. The van der Waals surface area contributed by atoms with Gasteiger partial charge in [0.25, 0.3) is 5.62 Å². The number of benzene rings is 1. The number of rotatable bonds is 4. The zero-order valence-corrected chi connectivity index (χ0v) is 16.5. The average molecular weight is 416 g/mol. The van der Waals surface area contributed by atoms with Gasteiger partial charge in [0, 0.05) is 5.22 Å². The highest BCUT2D eigenvalue weighted by Crippen LogP contribution is 2.32. The van der Waals surface area contributed by atoms with E-state index < -0.39 is 5.69 Å². The molecule has 156 valence electrons. The van der Waals surface area contributed by atoms with E-state index >= 15 is 0 Å². The molecule has 0 saturated heterocycles. The molecule has 10 nitrogen and oxygen atoms in total. The summed E-state index contributed by atoms with van der Waals surface area (Å²) in [6.45, 7) is 0. The van der Waals surface area contributed by atoms with Crippen LogP contribution in [0.5, 0.6) is 5.88 Å². The van der Waals surface area contributed by atoms with Gasteiger partial charge in [-0.2, -0.15) is 19.6 Å². The molecule has 2 aliphatic carbocycles. The van der Waals surface area contributed by atoms with Gasteiger partial charge < -0.3 is 15.4 Å². The largest absolute Gasteiger partial charge is 0.493 e. The Bertz CT molecular complexity index is 1480. The van der Waals surface area contributed by atoms with Crippen LogP contribution in [-0.2, 0) is 6.42 Å². The van der Waals surface area contributed by atoms with Gasteiger partial charge in [0.2, 0.25) is 11.8 Å². The first kappa shape index (κ1) is 17.9. The fourth-order valence-corrected chi connectivity index (χ4v) is 4.01. The SMILES string of the molecule is O=c1[nH]c(O)c(C=c2cnn3c(=NC4CC4)nc(N[C@@H]4CCc5ccccc54)nc23)[nH]1. The zero-order chi connectivity index (χ0) is 20.9. The smallest absolute Gasteiger partial charge is 0.326 e. The summed E-state index contributed by atoms with van der Waals surface area (Å²) in [6.07, 6.45) is 7.32. The first-order chi connectivity index (χ1) is 15.1. The van der Waals surface area contributed by atoms with E-state index in [1.807, 2.05) is 6.07 Å². The topological polar surface area (TPSA) is 136 Å². The molecule has 0 spiro atoms. The number of H-pyrrole nitrogens is 2. The Morgan fingerprint density at radius 3 is 2.87 bits per heavy atom. The van der Waals surface area contributed by atoms with Crippen molar-refractivity contribution in [3.63, 3.8) is 0 Å². The number of hydrogen-bond acceptors (Lipinski definition) is 7. The summed E-state index contributed by atoms with van der Waals surface area (Å²) in [5.74, 6) is 0.248. The molecule has 0 radical (unpaired) electrons. The third kappa shape index (κ3) is 3.25. The lowest BCUT2D eigenvalue weighted by Gasteiger charge is -2.14. The molecule has 0 amide bonds. The first-order valence-corrected chi connectivity index (χ1v) is 10.3. The predicted octanol–water partition coefficient (Wildman–Crippen LogP) is 0.556. The first-order valence-electron chi connectivity index (χ1n) is 10.3. The lowest BCUT2D eigenvalue weighted by molar-refractivity contribution is 0.454. The van der Waals surface area contributed by atoms with Crippen LogP contribution in [0.25, 0.3) is 11.7 Å². The minimum atomic E-state index is -0.485. The van der Waals surface area contributed by atoms with Gasteiger partial charge >= 0.3 is 5.69 Å². The van der Waals surface area contributed by atoms with Crippen LogP contribution in [0.1, 0.15) is 42.1 Å². The molecule has 0 aliphatic heterocycles. The summed E-state index contributed by atoms with van der Waals surface area (Å²) in [4.78, 5) is 30.4. The van der Waals surface area contributed by atoms with Crippen molar-refractivity contribution < 1.29 is 5.11 Å². The number of fused-ring (bicyclic) bond motifs is 2. The second kappa shape index (κ2) is 6.79. The second-order valence-electron chi connectivity index (χ2n) is 7.96. The monoisotopic (exact) mass is 416 g/mol. The molecule has 3 aromatic heterocycles. The van der Waals surface area contributed by atoms with Gasteiger partial charge in [0.15, 0.2) is 5.65 Å². The standard InChI is InChI=1S/C21H20N8O2/c30-18-16(25-21(31)27-18)9-12-10-22-29-17(12)26-19(28-20(29)23-13-6-7-13)24-15-8-5-11-3-1-2-4-14(11)15/h1-4,9-10,13,15,30H,5-8H2,(H,23,24,28)(H2,25,27,31)/t15-/m1/s1. The number of aromatic amines is 2. The lowest BCUT2D eigenvalue weighted by atomic mass is 10.1. The molecule has 1 saturated carbocycles. The van der Waals surface area contributed by atoms with Crippen molar-refractivity contribution in [2.75, 3.05) is 5.32 Å². The molecule has 4 aromatic rings. The molecule has 1 fully saturated rings. The van der Waals surface area contributed by atoms with Gasteiger partial charge in [-0.1, -0.05) is 24.3 Å². The Labute approximate surface area is 175 Å². The molecule has 2 aliphatic rings. The van der Waals surface area contributed by atoms with E-state index in [1.165, 1.54) is 11.1 Å². The van der Waals surface area contributed by atoms with Crippen LogP contribution < -0.4 is 21.8 Å². The van der Waals surface area contributed by atoms with Crippen LogP contribution in [0.15, 0.2) is 40.2 Å². The van der Waals surface area contributed by atoms with Crippen LogP contribution in [0.2, 0.25) is 0 Å². The quantitative estimate of drug-likeness (QED) is 0.384. The third-order valence-electron chi connectivity index (χ3n) is 5.69. The minimum absolute atomic E-state index is 0.132. The van der Waals surface area contributed by atoms with E-state index in [4.69, 9.17) is 9.98 Å². The summed E-state index contributed by atoms with van der Waals surface area (Å²) in [6, 6.07) is 8.80. The van der Waals surface area contributed by atoms with Crippen molar-refractivity contribution in [2.45, 2.75) is 37.8 Å². The van der Waals surface area contributed by atoms with Gasteiger partial charge in [-0.25, -0.2) is 9.79 Å². The van der Waals surface area contributed by atoms with Crippen LogP contribution in [0.3, 0.4) is 0 Å². The maximum absolute atomic E-state index is 11.5. The Morgan fingerprint density at radius 2 is 2.06 bits per heavy atom. The Kier molecular flexibility index (Phi) is 3.92. The van der Waals surface area contributed by atoms with Crippen LogP contribution >= 0.6 is 0 Å². The fourth-order valence-electron chi connectivity index (χ4n) is 4.01. The van der Waals surface area contributed by atoms with E-state index in [0.717, 1.165) is 25.7 Å². The maximum atomic E-state index is 11.5. The van der Waals surface area contributed by atoms with E-state index in [2.05, 4.69) is 43.6 Å². The molecule has 1 aromatic carbocycles. The number of nitrogens with one attached hydrogen (secondary N) is 3. The Hall–Kier alpha value is -3.95. The number of nitrogens with zero attached hydrogens (tertiary/aromatic N) is 5. The van der Waals surface area contributed by atoms with Crippen molar-refractivity contribution in [2.24, 2.45) is 4.99 Å². The van der Waals surface area contributed by atoms with Gasteiger partial charge in [-0.15, -0.1) is 0 Å². The third-order valence-corrected chi connectivity index (χ3v) is 5.69. The van der Waals surface area contributed by atoms with Crippen molar-refractivity contribution in [3.05, 3.63) is 68.6 Å². The number of hydrogen-bond donors (Lipinski definition) is 4. The zero-order valence-electron chi connectivity index (χ0n) is 16.5. The van der Waals surface area contributed by atoms with E-state index in [9.17, 15) is 9.90 Å². The van der Waals surface area contributed by atoms with Gasteiger partial charge in [0.1, 0.15) is 5.69 Å². The summed E-state index contributed by atoms with van der Waals surface area (Å²) >= 11 is 0. The van der Waals surface area contributed by atoms with E-state index in [0.29, 0.717) is 22.4 Å². The Morgan fingerprint density at radius 1 is 1.19 bits per heavy atom. The summed E-state index contributed by atoms with van der Waals surface area (Å²) in [5.41, 5.74) is 3.42. The summed E-state index contributed by atoms with van der Waals surface area (Å²) < 4.78 is 1.60. The maximum Gasteiger partial charge on any atom is 0.326 e. The number of aromatic nitrogens is 6. The minimum Gasteiger partial charge on any atom is -0.493 e. The van der Waals surface area contributed by atoms with Gasteiger partial charge in [-0.3, -0.25) is 4.98 Å². The highest BCUT2D eigenvalue weighted by atomic mass is 16.3. The van der Waals surface area contributed by atoms with Gasteiger partial charge in [-0.05, 0) is 42.9 Å². The number of imidazole rings is 1. The molecule has 0 unspecified atom stereocenters. The van der Waals surface area contributed by atoms with Gasteiger partial charge in [0.05, 0.1) is 18.3 Å². The number of aryl methyl sites for hydroxylation is 1. The molecule has 4 N–H and O–H groups in total. The van der Waals surface area contributed by atoms with E-state index in [1.54, 1.807) is 16.8 Å². The van der Waals surface area contributed by atoms with Crippen molar-refractivity contribution >= 4 is 17.7 Å². The normalized spacial score (nSPS) is 19.3. The molecule has 0 bridgehead atoms. The highest BCUT2D eigenvalue weighted by Gasteiger charge is 2.24. The number of anilines is 1. The van der Waals surface area contributed by atoms with Crippen molar-refractivity contribution in [1.29, 1.82) is 0 Å².